The van der Waals surface area contributed by atoms with Gasteiger partial charge >= 0.3 is 0 Å². The van der Waals surface area contributed by atoms with Gasteiger partial charge in [0.2, 0.25) is 5.91 Å². The Morgan fingerprint density at radius 3 is 2.85 bits per heavy atom. The maximum Gasteiger partial charge on any atom is 0.229 e. The van der Waals surface area contributed by atoms with Gasteiger partial charge < -0.3 is 10.6 Å². The van der Waals surface area contributed by atoms with Crippen LogP contribution in [0.15, 0.2) is 24.4 Å². The number of halogens is 3. The molecule has 1 aromatic carbocycles. The summed E-state index contributed by atoms with van der Waals surface area (Å²) in [7, 11) is 0. The van der Waals surface area contributed by atoms with Crippen LogP contribution in [0.25, 0.3) is 0 Å². The first-order chi connectivity index (χ1) is 12.1. The number of nitrogens with one attached hydrogen (secondary N) is 2. The molecule has 1 aliphatic heterocycles. The standard InChI is InChI=1S/C18H19F2N3OS.ClH/c19-12-2-1-11(15(20)8-12)7-13-10-22-17(25-13)23-16(24)14-9-18(14)3-5-21-6-4-18;/h1-2,8,10,14,21H,3-7,9H2,(H,22,23,24);1H. The first-order valence-corrected chi connectivity index (χ1v) is 9.28. The zero-order chi connectivity index (χ0) is 17.4. The summed E-state index contributed by atoms with van der Waals surface area (Å²) in [5.41, 5.74) is 0.603. The minimum atomic E-state index is -0.588. The fourth-order valence-electron chi connectivity index (χ4n) is 3.69. The van der Waals surface area contributed by atoms with Crippen molar-refractivity contribution in [3.8, 4) is 0 Å². The minimum absolute atomic E-state index is 0. The van der Waals surface area contributed by atoms with Crippen molar-refractivity contribution in [3.63, 3.8) is 0 Å². The molecule has 2 fully saturated rings. The molecule has 1 amide bonds. The summed E-state index contributed by atoms with van der Waals surface area (Å²) in [6.45, 7) is 1.96. The number of aromatic nitrogens is 1. The highest BCUT2D eigenvalue weighted by Crippen LogP contribution is 2.58. The minimum Gasteiger partial charge on any atom is -0.317 e. The number of nitrogens with zero attached hydrogens (tertiary/aromatic N) is 1. The lowest BCUT2D eigenvalue weighted by molar-refractivity contribution is -0.118. The van der Waals surface area contributed by atoms with Crippen LogP contribution in [0, 0.1) is 23.0 Å². The van der Waals surface area contributed by atoms with Gasteiger partial charge in [-0.15, -0.1) is 23.7 Å². The maximum absolute atomic E-state index is 13.7. The van der Waals surface area contributed by atoms with Gasteiger partial charge in [-0.1, -0.05) is 6.07 Å². The predicted molar refractivity (Wildman–Crippen MR) is 99.8 cm³/mol. The SMILES string of the molecule is Cl.O=C(Nc1ncc(Cc2ccc(F)cc2F)s1)C1CC12CCNCC2. The smallest absolute Gasteiger partial charge is 0.229 e. The van der Waals surface area contributed by atoms with E-state index in [4.69, 9.17) is 0 Å². The third-order valence-electron chi connectivity index (χ3n) is 5.27. The zero-order valence-electron chi connectivity index (χ0n) is 14.1. The Morgan fingerprint density at radius 1 is 1.35 bits per heavy atom. The molecule has 26 heavy (non-hydrogen) atoms. The van der Waals surface area contributed by atoms with Crippen molar-refractivity contribution in [2.24, 2.45) is 11.3 Å². The highest BCUT2D eigenvalue weighted by molar-refractivity contribution is 7.15. The highest BCUT2D eigenvalue weighted by atomic mass is 35.5. The molecule has 140 valence electrons. The van der Waals surface area contributed by atoms with Gasteiger partial charge in [0.15, 0.2) is 5.13 Å². The Kier molecular flexibility index (Phi) is 5.60. The van der Waals surface area contributed by atoms with Crippen LogP contribution >= 0.6 is 23.7 Å². The molecule has 0 bridgehead atoms. The van der Waals surface area contributed by atoms with Crippen molar-refractivity contribution in [1.82, 2.24) is 10.3 Å². The van der Waals surface area contributed by atoms with E-state index < -0.39 is 11.6 Å². The van der Waals surface area contributed by atoms with Crippen LogP contribution in [0.5, 0.6) is 0 Å². The van der Waals surface area contributed by atoms with Crippen LogP contribution in [0.4, 0.5) is 13.9 Å². The van der Waals surface area contributed by atoms with E-state index in [2.05, 4.69) is 15.6 Å². The number of rotatable bonds is 4. The summed E-state index contributed by atoms with van der Waals surface area (Å²) in [4.78, 5) is 17.5. The van der Waals surface area contributed by atoms with Gasteiger partial charge in [-0.2, -0.15) is 0 Å². The molecular formula is C18H20ClF2N3OS. The molecule has 1 unspecified atom stereocenters. The molecule has 1 aromatic heterocycles. The molecule has 8 heteroatoms. The molecular weight excluding hydrogens is 380 g/mol. The van der Waals surface area contributed by atoms with Gasteiger partial charge in [0, 0.05) is 29.5 Å². The van der Waals surface area contributed by atoms with E-state index in [1.165, 1.54) is 23.5 Å². The summed E-state index contributed by atoms with van der Waals surface area (Å²) in [5.74, 6) is -1.04. The number of amides is 1. The third-order valence-corrected chi connectivity index (χ3v) is 6.18. The van der Waals surface area contributed by atoms with Crippen molar-refractivity contribution < 1.29 is 13.6 Å². The monoisotopic (exact) mass is 399 g/mol. The van der Waals surface area contributed by atoms with E-state index in [1.807, 2.05) is 0 Å². The number of thiazole rings is 1. The molecule has 4 nitrogen and oxygen atoms in total. The van der Waals surface area contributed by atoms with Crippen molar-refractivity contribution in [2.45, 2.75) is 25.7 Å². The fraction of sp³-hybridized carbons (Fsp3) is 0.444. The van der Waals surface area contributed by atoms with Gasteiger partial charge in [0.1, 0.15) is 11.6 Å². The van der Waals surface area contributed by atoms with E-state index in [0.717, 1.165) is 43.3 Å². The van der Waals surface area contributed by atoms with E-state index >= 15 is 0 Å². The molecule has 1 atom stereocenters. The number of hydrogen-bond donors (Lipinski definition) is 2. The normalized spacial score (nSPS) is 20.5. The predicted octanol–water partition coefficient (Wildman–Crippen LogP) is 3.76. The Bertz CT molecular complexity index is 807. The van der Waals surface area contributed by atoms with E-state index in [1.54, 1.807) is 6.20 Å². The average molecular weight is 400 g/mol. The summed E-state index contributed by atoms with van der Waals surface area (Å²) >= 11 is 1.33. The first kappa shape index (κ1) is 19.2. The fourth-order valence-corrected chi connectivity index (χ4v) is 4.53. The van der Waals surface area contributed by atoms with Crippen LogP contribution in [-0.2, 0) is 11.2 Å². The number of carbonyl (C=O) groups is 1. The van der Waals surface area contributed by atoms with Gasteiger partial charge in [-0.3, -0.25) is 4.79 Å². The molecule has 1 spiro atoms. The second-order valence-electron chi connectivity index (χ2n) is 6.90. The quantitative estimate of drug-likeness (QED) is 0.823. The lowest BCUT2D eigenvalue weighted by Crippen LogP contribution is -2.31. The van der Waals surface area contributed by atoms with E-state index in [-0.39, 0.29) is 29.6 Å². The number of piperidine rings is 1. The van der Waals surface area contributed by atoms with Crippen LogP contribution < -0.4 is 10.6 Å². The molecule has 1 saturated carbocycles. The summed E-state index contributed by atoms with van der Waals surface area (Å²) in [6.07, 6.45) is 5.03. The van der Waals surface area contributed by atoms with Crippen LogP contribution in [0.1, 0.15) is 29.7 Å². The Hall–Kier alpha value is -1.57. The maximum atomic E-state index is 13.7. The summed E-state index contributed by atoms with van der Waals surface area (Å²) < 4.78 is 26.7. The largest absolute Gasteiger partial charge is 0.317 e. The molecule has 4 rings (SSSR count). The van der Waals surface area contributed by atoms with Crippen molar-refractivity contribution >= 4 is 34.8 Å². The van der Waals surface area contributed by atoms with E-state index in [0.29, 0.717) is 17.1 Å². The average Bonchev–Trinajstić information content (AvgIpc) is 3.09. The Morgan fingerprint density at radius 2 is 2.12 bits per heavy atom. The number of benzene rings is 1. The summed E-state index contributed by atoms with van der Waals surface area (Å²) in [5, 5.41) is 6.77. The topological polar surface area (TPSA) is 54.0 Å². The van der Waals surface area contributed by atoms with Gasteiger partial charge in [0.05, 0.1) is 0 Å². The van der Waals surface area contributed by atoms with Crippen molar-refractivity contribution in [3.05, 3.63) is 46.5 Å². The molecule has 1 saturated heterocycles. The number of anilines is 1. The van der Waals surface area contributed by atoms with Gasteiger partial charge in [0.25, 0.3) is 0 Å². The second-order valence-corrected chi connectivity index (χ2v) is 8.02. The van der Waals surface area contributed by atoms with E-state index in [9.17, 15) is 13.6 Å². The second kappa shape index (κ2) is 7.58. The lowest BCUT2D eigenvalue weighted by Gasteiger charge is -2.22. The van der Waals surface area contributed by atoms with Gasteiger partial charge in [-0.25, -0.2) is 13.8 Å². The van der Waals surface area contributed by atoms with Crippen LogP contribution in [0.2, 0.25) is 0 Å². The Labute approximate surface area is 160 Å². The molecule has 1 aliphatic carbocycles. The summed E-state index contributed by atoms with van der Waals surface area (Å²) in [6, 6.07) is 3.56. The van der Waals surface area contributed by atoms with Crippen LogP contribution in [0.3, 0.4) is 0 Å². The zero-order valence-corrected chi connectivity index (χ0v) is 15.7. The third kappa shape index (κ3) is 3.89. The lowest BCUT2D eigenvalue weighted by atomic mass is 9.92. The van der Waals surface area contributed by atoms with Crippen molar-refractivity contribution in [2.75, 3.05) is 18.4 Å². The van der Waals surface area contributed by atoms with Crippen LogP contribution in [-0.4, -0.2) is 24.0 Å². The molecule has 2 aromatic rings. The molecule has 0 radical (unpaired) electrons. The molecule has 2 heterocycles. The Balaban J connectivity index is 0.00000196. The number of carbonyl (C=O) groups excluding carboxylic acids is 1. The number of hydrogen-bond acceptors (Lipinski definition) is 4. The van der Waals surface area contributed by atoms with Crippen molar-refractivity contribution in [1.29, 1.82) is 0 Å². The molecule has 2 aliphatic rings. The molecule has 2 N–H and O–H groups in total. The highest BCUT2D eigenvalue weighted by Gasteiger charge is 2.57. The first-order valence-electron chi connectivity index (χ1n) is 8.46. The van der Waals surface area contributed by atoms with Gasteiger partial charge in [-0.05, 0) is 49.4 Å².